The van der Waals surface area contributed by atoms with Gasteiger partial charge in [-0.1, -0.05) is 5.16 Å². The van der Waals surface area contributed by atoms with E-state index < -0.39 is 0 Å². The fourth-order valence-electron chi connectivity index (χ4n) is 0.588. The predicted octanol–water partition coefficient (Wildman–Crippen LogP) is -0.486. The van der Waals surface area contributed by atoms with E-state index in [-0.39, 0.29) is 0 Å². The molecule has 3 N–H and O–H groups in total. The molecule has 0 aromatic carbocycles. The summed E-state index contributed by atoms with van der Waals surface area (Å²) in [4.78, 5) is 3.81. The van der Waals surface area contributed by atoms with Crippen molar-refractivity contribution in [2.45, 2.75) is 0 Å². The van der Waals surface area contributed by atoms with Gasteiger partial charge in [0.1, 0.15) is 12.0 Å². The van der Waals surface area contributed by atoms with Crippen molar-refractivity contribution in [3.8, 4) is 0 Å². The fraction of sp³-hybridized carbons (Fsp3) is 0.200. The van der Waals surface area contributed by atoms with Crippen LogP contribution in [0.25, 0.3) is 0 Å². The smallest absolute Gasteiger partial charge is 0.164 e. The van der Waals surface area contributed by atoms with E-state index >= 15 is 0 Å². The molecule has 0 fully saturated rings. The van der Waals surface area contributed by atoms with Crippen molar-refractivity contribution in [3.05, 3.63) is 18.0 Å². The first-order valence-electron chi connectivity index (χ1n) is 2.72. The summed E-state index contributed by atoms with van der Waals surface area (Å²) in [6.45, 7) is 0. The molecule has 1 heterocycles. The van der Waals surface area contributed by atoms with Crippen molar-refractivity contribution in [2.75, 3.05) is 7.05 Å². The molecule has 1 rings (SSSR count). The molecule has 0 amide bonds. The summed E-state index contributed by atoms with van der Waals surface area (Å²) in [5.41, 5.74) is 2.98. The first-order valence-corrected chi connectivity index (χ1v) is 2.72. The molecule has 0 saturated carbocycles. The highest BCUT2D eigenvalue weighted by Crippen LogP contribution is 1.93. The van der Waals surface area contributed by atoms with Crippen LogP contribution in [0, 0.1) is 0 Å². The normalized spacial score (nSPS) is 11.6. The molecule has 54 valence electrons. The Bertz CT molecular complexity index is 216. The Kier molecular flexibility index (Phi) is 2.01. The van der Waals surface area contributed by atoms with Crippen LogP contribution in [-0.4, -0.2) is 18.0 Å². The Labute approximate surface area is 57.9 Å². The molecule has 1 aromatic rings. The predicted molar refractivity (Wildman–Crippen MR) is 36.3 cm³/mol. The molecule has 0 unspecified atom stereocenters. The quantitative estimate of drug-likeness (QED) is 0.239. The zero-order chi connectivity index (χ0) is 7.40. The standard InChI is InChI=1S/C5H8N4O/c1-7-5(8-6)4-2-3-10-9-4/h2-3H,6H2,1H3,(H,7,8). The minimum absolute atomic E-state index is 0.508. The van der Waals surface area contributed by atoms with Crippen molar-refractivity contribution in [1.82, 2.24) is 10.6 Å². The molecule has 10 heavy (non-hydrogen) atoms. The van der Waals surface area contributed by atoms with Gasteiger partial charge in [-0.3, -0.25) is 4.99 Å². The van der Waals surface area contributed by atoms with Crippen LogP contribution in [0.3, 0.4) is 0 Å². The van der Waals surface area contributed by atoms with Gasteiger partial charge in [0.25, 0.3) is 0 Å². The maximum atomic E-state index is 5.11. The average Bonchev–Trinajstić information content (AvgIpc) is 2.43. The number of nitrogens with zero attached hydrogens (tertiary/aromatic N) is 2. The van der Waals surface area contributed by atoms with Crippen molar-refractivity contribution in [1.29, 1.82) is 0 Å². The highest BCUT2D eigenvalue weighted by atomic mass is 16.5. The molecule has 0 spiro atoms. The average molecular weight is 140 g/mol. The third kappa shape index (κ3) is 1.14. The Hall–Kier alpha value is -1.36. The topological polar surface area (TPSA) is 76.4 Å². The van der Waals surface area contributed by atoms with E-state index in [0.717, 1.165) is 0 Å². The van der Waals surface area contributed by atoms with Crippen molar-refractivity contribution >= 4 is 5.84 Å². The minimum atomic E-state index is 0.508. The second-order valence-corrected chi connectivity index (χ2v) is 1.60. The van der Waals surface area contributed by atoms with Crippen molar-refractivity contribution in [2.24, 2.45) is 10.8 Å². The third-order valence-electron chi connectivity index (χ3n) is 1.04. The van der Waals surface area contributed by atoms with E-state index in [1.165, 1.54) is 6.26 Å². The van der Waals surface area contributed by atoms with E-state index in [0.29, 0.717) is 11.5 Å². The van der Waals surface area contributed by atoms with Gasteiger partial charge in [0.05, 0.1) is 0 Å². The van der Waals surface area contributed by atoms with Crippen LogP contribution in [0.1, 0.15) is 5.69 Å². The number of hydrogen-bond donors (Lipinski definition) is 2. The number of hydrazine groups is 1. The summed E-state index contributed by atoms with van der Waals surface area (Å²) in [7, 11) is 1.61. The molecule has 0 aliphatic heterocycles. The third-order valence-corrected chi connectivity index (χ3v) is 1.04. The molecule has 0 saturated heterocycles. The van der Waals surface area contributed by atoms with E-state index in [4.69, 9.17) is 5.84 Å². The zero-order valence-corrected chi connectivity index (χ0v) is 5.53. The Morgan fingerprint density at radius 1 is 1.90 bits per heavy atom. The van der Waals surface area contributed by atoms with Gasteiger partial charge in [-0.15, -0.1) is 0 Å². The van der Waals surface area contributed by atoms with Gasteiger partial charge < -0.3 is 9.95 Å². The number of rotatable bonds is 1. The molecular formula is C5H8N4O. The number of amidine groups is 1. The van der Waals surface area contributed by atoms with Gasteiger partial charge in [-0.05, 0) is 0 Å². The Balaban J connectivity index is 2.85. The Morgan fingerprint density at radius 3 is 3.10 bits per heavy atom. The number of aromatic nitrogens is 1. The monoisotopic (exact) mass is 140 g/mol. The fourth-order valence-corrected chi connectivity index (χ4v) is 0.588. The molecule has 0 atom stereocenters. The van der Waals surface area contributed by atoms with Gasteiger partial charge in [-0.2, -0.15) is 0 Å². The summed E-state index contributed by atoms with van der Waals surface area (Å²) in [6, 6.07) is 1.67. The van der Waals surface area contributed by atoms with Gasteiger partial charge in [0.15, 0.2) is 5.84 Å². The van der Waals surface area contributed by atoms with Crippen LogP contribution in [0.5, 0.6) is 0 Å². The first kappa shape index (κ1) is 6.76. The lowest BCUT2D eigenvalue weighted by Crippen LogP contribution is -2.31. The van der Waals surface area contributed by atoms with Crippen LogP contribution in [0.2, 0.25) is 0 Å². The highest BCUT2D eigenvalue weighted by Gasteiger charge is 2.01. The zero-order valence-electron chi connectivity index (χ0n) is 5.53. The van der Waals surface area contributed by atoms with Crippen LogP contribution in [0.15, 0.2) is 21.8 Å². The van der Waals surface area contributed by atoms with Gasteiger partial charge >= 0.3 is 0 Å². The number of hydrogen-bond acceptors (Lipinski definition) is 4. The minimum Gasteiger partial charge on any atom is -0.364 e. The molecule has 0 aliphatic rings. The Morgan fingerprint density at radius 2 is 2.70 bits per heavy atom. The maximum Gasteiger partial charge on any atom is 0.164 e. The lowest BCUT2D eigenvalue weighted by Gasteiger charge is -1.96. The van der Waals surface area contributed by atoms with Crippen LogP contribution in [0.4, 0.5) is 0 Å². The van der Waals surface area contributed by atoms with Crippen LogP contribution >= 0.6 is 0 Å². The van der Waals surface area contributed by atoms with Gasteiger partial charge in [0.2, 0.25) is 0 Å². The molecular weight excluding hydrogens is 132 g/mol. The lowest BCUT2D eigenvalue weighted by atomic mass is 10.4. The second-order valence-electron chi connectivity index (χ2n) is 1.60. The van der Waals surface area contributed by atoms with Crippen LogP contribution in [-0.2, 0) is 0 Å². The molecule has 1 aromatic heterocycles. The molecule has 0 bridgehead atoms. The van der Waals surface area contributed by atoms with Crippen molar-refractivity contribution in [3.63, 3.8) is 0 Å². The number of aliphatic imine (C=N–C) groups is 1. The lowest BCUT2D eigenvalue weighted by molar-refractivity contribution is 0.418. The molecule has 5 nitrogen and oxygen atoms in total. The van der Waals surface area contributed by atoms with Gasteiger partial charge in [-0.25, -0.2) is 5.84 Å². The number of nitrogens with one attached hydrogen (secondary N) is 1. The summed E-state index contributed by atoms with van der Waals surface area (Å²) in [5, 5.41) is 3.61. The SMILES string of the molecule is CN=C(NN)c1ccon1. The van der Waals surface area contributed by atoms with Gasteiger partial charge in [0, 0.05) is 13.1 Å². The van der Waals surface area contributed by atoms with Crippen molar-refractivity contribution < 1.29 is 4.52 Å². The maximum absolute atomic E-state index is 5.11. The second kappa shape index (κ2) is 2.98. The molecule has 0 aliphatic carbocycles. The first-order chi connectivity index (χ1) is 4.88. The highest BCUT2D eigenvalue weighted by molar-refractivity contribution is 5.96. The van der Waals surface area contributed by atoms with E-state index in [1.807, 2.05) is 0 Å². The summed E-state index contributed by atoms with van der Waals surface area (Å²) < 4.78 is 4.57. The largest absolute Gasteiger partial charge is 0.364 e. The van der Waals surface area contributed by atoms with E-state index in [1.54, 1.807) is 13.1 Å². The number of nitrogens with two attached hydrogens (primary N) is 1. The van der Waals surface area contributed by atoms with E-state index in [9.17, 15) is 0 Å². The van der Waals surface area contributed by atoms with E-state index in [2.05, 4.69) is 20.1 Å². The molecule has 0 radical (unpaired) electrons. The summed E-state index contributed by atoms with van der Waals surface area (Å²) >= 11 is 0. The molecule has 5 heteroatoms. The van der Waals surface area contributed by atoms with Crippen LogP contribution < -0.4 is 11.3 Å². The summed E-state index contributed by atoms with van der Waals surface area (Å²) in [6.07, 6.45) is 1.46. The summed E-state index contributed by atoms with van der Waals surface area (Å²) in [5.74, 6) is 5.62.